The number of hydrogen-bond acceptors (Lipinski definition) is 5. The van der Waals surface area contributed by atoms with Gasteiger partial charge in [-0.2, -0.15) is 10.4 Å². The summed E-state index contributed by atoms with van der Waals surface area (Å²) in [5.41, 5.74) is 2.06. The van der Waals surface area contributed by atoms with Crippen molar-refractivity contribution in [1.29, 1.82) is 5.26 Å². The fraction of sp³-hybridized carbons (Fsp3) is 0.188. The van der Waals surface area contributed by atoms with Gasteiger partial charge in [-0.05, 0) is 12.1 Å². The van der Waals surface area contributed by atoms with Gasteiger partial charge in [0.25, 0.3) is 0 Å². The Morgan fingerprint density at radius 3 is 2.91 bits per heavy atom. The summed E-state index contributed by atoms with van der Waals surface area (Å²) in [7, 11) is 0. The fourth-order valence-corrected chi connectivity index (χ4v) is 2.07. The molecular formula is C16H15N5O. The van der Waals surface area contributed by atoms with E-state index in [9.17, 15) is 0 Å². The van der Waals surface area contributed by atoms with Gasteiger partial charge in [-0.1, -0.05) is 18.2 Å². The van der Waals surface area contributed by atoms with Gasteiger partial charge >= 0.3 is 0 Å². The summed E-state index contributed by atoms with van der Waals surface area (Å²) < 4.78 is 7.22. The van der Waals surface area contributed by atoms with E-state index < -0.39 is 0 Å². The number of aromatic nitrogens is 3. The van der Waals surface area contributed by atoms with Crippen molar-refractivity contribution >= 4 is 5.65 Å². The van der Waals surface area contributed by atoms with Crippen molar-refractivity contribution in [3.8, 4) is 11.8 Å². The number of para-hydroxylation sites is 1. The minimum Gasteiger partial charge on any atom is -0.492 e. The van der Waals surface area contributed by atoms with Crippen LogP contribution >= 0.6 is 0 Å². The number of nitrogens with one attached hydrogen (secondary N) is 1. The van der Waals surface area contributed by atoms with Crippen LogP contribution < -0.4 is 10.1 Å². The van der Waals surface area contributed by atoms with Crippen LogP contribution in [0, 0.1) is 11.3 Å². The Morgan fingerprint density at radius 2 is 2.09 bits per heavy atom. The van der Waals surface area contributed by atoms with Crippen LogP contribution in [-0.2, 0) is 6.54 Å². The normalized spacial score (nSPS) is 10.5. The molecule has 0 aliphatic rings. The number of benzene rings is 1. The molecule has 6 heteroatoms. The van der Waals surface area contributed by atoms with Crippen molar-refractivity contribution in [1.82, 2.24) is 19.9 Å². The van der Waals surface area contributed by atoms with E-state index in [1.165, 1.54) is 6.20 Å². The molecule has 6 nitrogen and oxygen atoms in total. The quantitative estimate of drug-likeness (QED) is 0.701. The van der Waals surface area contributed by atoms with Crippen molar-refractivity contribution < 1.29 is 4.74 Å². The number of fused-ring (bicyclic) bond motifs is 1. The molecule has 3 aromatic rings. The Bertz CT molecular complexity index is 791. The van der Waals surface area contributed by atoms with E-state index in [1.807, 2.05) is 36.5 Å². The molecule has 0 aliphatic heterocycles. The minimum absolute atomic E-state index is 0.482. The molecule has 0 atom stereocenters. The van der Waals surface area contributed by atoms with Crippen molar-refractivity contribution in [2.75, 3.05) is 13.2 Å². The maximum absolute atomic E-state index is 8.92. The highest BCUT2D eigenvalue weighted by Gasteiger charge is 2.04. The second-order valence-electron chi connectivity index (χ2n) is 4.74. The highest BCUT2D eigenvalue weighted by molar-refractivity contribution is 5.53. The molecule has 0 fully saturated rings. The van der Waals surface area contributed by atoms with Crippen LogP contribution in [0.2, 0.25) is 0 Å². The van der Waals surface area contributed by atoms with Crippen LogP contribution in [-0.4, -0.2) is 27.7 Å². The third-order valence-electron chi connectivity index (χ3n) is 3.15. The molecule has 2 heterocycles. The predicted molar refractivity (Wildman–Crippen MR) is 81.3 cm³/mol. The van der Waals surface area contributed by atoms with E-state index in [4.69, 9.17) is 10.00 Å². The highest BCUT2D eigenvalue weighted by atomic mass is 16.5. The summed E-state index contributed by atoms with van der Waals surface area (Å²) in [5, 5.41) is 16.3. The first-order valence-electron chi connectivity index (χ1n) is 6.98. The lowest BCUT2D eigenvalue weighted by atomic mass is 10.3. The zero-order valence-corrected chi connectivity index (χ0v) is 11.9. The van der Waals surface area contributed by atoms with Gasteiger partial charge in [0.1, 0.15) is 24.0 Å². The third kappa shape index (κ3) is 3.22. The highest BCUT2D eigenvalue weighted by Crippen LogP contribution is 2.08. The Hall–Kier alpha value is -2.91. The van der Waals surface area contributed by atoms with Crippen LogP contribution in [0.3, 0.4) is 0 Å². The molecule has 0 spiro atoms. The number of nitrogens with zero attached hydrogens (tertiary/aromatic N) is 4. The summed E-state index contributed by atoms with van der Waals surface area (Å²) >= 11 is 0. The van der Waals surface area contributed by atoms with E-state index in [-0.39, 0.29) is 0 Å². The van der Waals surface area contributed by atoms with Gasteiger partial charge in [0.15, 0.2) is 5.65 Å². The standard InChI is InChI=1S/C16H15N5O/c17-8-14-11-20-21-12-13(10-19-16(14)21)9-18-6-7-22-15-4-2-1-3-5-15/h1-5,10-12,18H,6-7,9H2. The molecule has 22 heavy (non-hydrogen) atoms. The molecule has 0 aliphatic carbocycles. The molecule has 3 rings (SSSR count). The number of nitriles is 1. The van der Waals surface area contributed by atoms with Crippen LogP contribution in [0.15, 0.2) is 48.9 Å². The van der Waals surface area contributed by atoms with Crippen molar-refractivity contribution in [3.63, 3.8) is 0 Å². The van der Waals surface area contributed by atoms with Crippen LogP contribution in [0.5, 0.6) is 5.75 Å². The first-order valence-corrected chi connectivity index (χ1v) is 6.98. The molecule has 110 valence electrons. The number of rotatable bonds is 6. The molecule has 0 bridgehead atoms. The van der Waals surface area contributed by atoms with Gasteiger partial charge in [0.2, 0.25) is 0 Å². The Morgan fingerprint density at radius 1 is 1.23 bits per heavy atom. The van der Waals surface area contributed by atoms with Gasteiger partial charge in [-0.15, -0.1) is 0 Å². The zero-order chi connectivity index (χ0) is 15.2. The molecule has 0 saturated carbocycles. The molecule has 0 saturated heterocycles. The fourth-order valence-electron chi connectivity index (χ4n) is 2.07. The molecule has 2 aromatic heterocycles. The molecule has 0 amide bonds. The monoisotopic (exact) mass is 293 g/mol. The van der Waals surface area contributed by atoms with Gasteiger partial charge in [0.05, 0.1) is 6.20 Å². The maximum atomic E-state index is 8.92. The number of ether oxygens (including phenoxy) is 1. The number of hydrogen-bond donors (Lipinski definition) is 1. The van der Waals surface area contributed by atoms with Crippen molar-refractivity contribution in [2.24, 2.45) is 0 Å². The summed E-state index contributed by atoms with van der Waals surface area (Å²) in [4.78, 5) is 4.27. The van der Waals surface area contributed by atoms with Crippen LogP contribution in [0.25, 0.3) is 5.65 Å². The molecular weight excluding hydrogens is 278 g/mol. The lowest BCUT2D eigenvalue weighted by Gasteiger charge is -2.07. The predicted octanol–water partition coefficient (Wildman–Crippen LogP) is 1.77. The zero-order valence-electron chi connectivity index (χ0n) is 11.9. The summed E-state index contributed by atoms with van der Waals surface area (Å²) in [6.45, 7) is 2.00. The van der Waals surface area contributed by atoms with Gasteiger partial charge in [-0.3, -0.25) is 0 Å². The van der Waals surface area contributed by atoms with Crippen LogP contribution in [0.4, 0.5) is 0 Å². The first-order chi connectivity index (χ1) is 10.9. The molecule has 1 aromatic carbocycles. The topological polar surface area (TPSA) is 75.2 Å². The van der Waals surface area contributed by atoms with Crippen LogP contribution in [0.1, 0.15) is 11.1 Å². The minimum atomic E-state index is 0.482. The van der Waals surface area contributed by atoms with E-state index in [2.05, 4.69) is 21.5 Å². The first kappa shape index (κ1) is 14.0. The van der Waals surface area contributed by atoms with Gasteiger partial charge < -0.3 is 10.1 Å². The second-order valence-corrected chi connectivity index (χ2v) is 4.74. The Balaban J connectivity index is 1.49. The largest absolute Gasteiger partial charge is 0.492 e. The molecule has 0 unspecified atom stereocenters. The van der Waals surface area contributed by atoms with Crippen molar-refractivity contribution in [3.05, 3.63) is 60.0 Å². The van der Waals surface area contributed by atoms with E-state index in [0.29, 0.717) is 24.4 Å². The third-order valence-corrected chi connectivity index (χ3v) is 3.15. The SMILES string of the molecule is N#Cc1cnn2cc(CNCCOc3ccccc3)cnc12. The van der Waals surface area contributed by atoms with Gasteiger partial charge in [0, 0.05) is 31.0 Å². The average molecular weight is 293 g/mol. The summed E-state index contributed by atoms with van der Waals surface area (Å²) in [6, 6.07) is 11.8. The lowest BCUT2D eigenvalue weighted by Crippen LogP contribution is -2.20. The Labute approximate surface area is 128 Å². The Kier molecular flexibility index (Phi) is 4.27. The summed E-state index contributed by atoms with van der Waals surface area (Å²) in [6.07, 6.45) is 5.14. The van der Waals surface area contributed by atoms with E-state index in [0.717, 1.165) is 17.9 Å². The maximum Gasteiger partial charge on any atom is 0.172 e. The van der Waals surface area contributed by atoms with E-state index in [1.54, 1.807) is 10.7 Å². The lowest BCUT2D eigenvalue weighted by molar-refractivity contribution is 0.313. The van der Waals surface area contributed by atoms with E-state index >= 15 is 0 Å². The second kappa shape index (κ2) is 6.70. The average Bonchev–Trinajstić information content (AvgIpc) is 2.98. The van der Waals surface area contributed by atoms with Gasteiger partial charge in [-0.25, -0.2) is 9.50 Å². The smallest absolute Gasteiger partial charge is 0.172 e. The molecule has 0 radical (unpaired) electrons. The summed E-state index contributed by atoms with van der Waals surface area (Å²) in [5.74, 6) is 0.868. The molecule has 1 N–H and O–H groups in total. The van der Waals surface area contributed by atoms with Crippen molar-refractivity contribution in [2.45, 2.75) is 6.54 Å².